The molecule has 2 amide bonds. The lowest BCUT2D eigenvalue weighted by molar-refractivity contribution is -0.131. The number of hydrogen-bond acceptors (Lipinski definition) is 5. The summed E-state index contributed by atoms with van der Waals surface area (Å²) in [5.41, 5.74) is 7.58. The molecule has 1 aromatic carbocycles. The Balaban J connectivity index is 2.10. The van der Waals surface area contributed by atoms with Crippen molar-refractivity contribution in [2.75, 3.05) is 0 Å². The molecule has 0 aliphatic carbocycles. The number of rotatable bonds is 12. The number of pyridine rings is 1. The topological polar surface area (TPSA) is 117 Å². The highest BCUT2D eigenvalue weighted by molar-refractivity contribution is 5.90. The van der Waals surface area contributed by atoms with E-state index >= 15 is 0 Å². The molecule has 0 aliphatic rings. The van der Waals surface area contributed by atoms with Gasteiger partial charge < -0.3 is 21.5 Å². The van der Waals surface area contributed by atoms with Crippen molar-refractivity contribution in [1.29, 1.82) is 0 Å². The van der Waals surface area contributed by atoms with E-state index in [1.54, 1.807) is 24.4 Å². The fraction of sp³-hybridized carbons (Fsp3) is 0.500. The van der Waals surface area contributed by atoms with Crippen LogP contribution in [0.25, 0.3) is 0 Å². The fourth-order valence-electron chi connectivity index (χ4n) is 3.76. The minimum atomic E-state index is -0.951. The highest BCUT2D eigenvalue weighted by Gasteiger charge is 2.30. The zero-order chi connectivity index (χ0) is 24.4. The van der Waals surface area contributed by atoms with Crippen molar-refractivity contribution in [1.82, 2.24) is 15.6 Å². The normalized spacial score (nSPS) is 15.0. The van der Waals surface area contributed by atoms with Crippen molar-refractivity contribution in [2.45, 2.75) is 71.2 Å². The standard InChI is InChI=1S/C26H38N4O3/c1-17(2)14-22(24(31)21-12-8-9-13-28-21)29-26(33)23(15-18(3)4)30-25(32)20(27)16-19-10-6-5-7-11-19/h5-13,17-18,20,22-24,31H,14-16,27H2,1-4H3,(H,29,33)(H,30,32)/t20-,22+,23-,24+/m0/s1. The van der Waals surface area contributed by atoms with Gasteiger partial charge in [0.2, 0.25) is 11.8 Å². The van der Waals surface area contributed by atoms with E-state index in [1.807, 2.05) is 58.0 Å². The van der Waals surface area contributed by atoms with Gasteiger partial charge in [-0.1, -0.05) is 64.1 Å². The van der Waals surface area contributed by atoms with E-state index in [2.05, 4.69) is 15.6 Å². The largest absolute Gasteiger partial charge is 0.385 e. The Morgan fingerprint density at radius 3 is 2.12 bits per heavy atom. The smallest absolute Gasteiger partial charge is 0.242 e. The maximum absolute atomic E-state index is 13.2. The van der Waals surface area contributed by atoms with E-state index < -0.39 is 24.2 Å². The zero-order valence-electron chi connectivity index (χ0n) is 20.1. The predicted octanol–water partition coefficient (Wildman–Crippen LogP) is 2.75. The average Bonchev–Trinajstić information content (AvgIpc) is 2.78. The van der Waals surface area contributed by atoms with E-state index in [1.165, 1.54) is 0 Å². The van der Waals surface area contributed by atoms with Crippen LogP contribution >= 0.6 is 0 Å². The van der Waals surface area contributed by atoms with E-state index in [-0.39, 0.29) is 23.7 Å². The summed E-state index contributed by atoms with van der Waals surface area (Å²) in [6.07, 6.45) is 2.08. The van der Waals surface area contributed by atoms with Crippen molar-refractivity contribution in [2.24, 2.45) is 17.6 Å². The molecule has 2 rings (SSSR count). The summed E-state index contributed by atoms with van der Waals surface area (Å²) in [6, 6.07) is 12.8. The summed E-state index contributed by atoms with van der Waals surface area (Å²) < 4.78 is 0. The second kappa shape index (κ2) is 13.1. The molecular weight excluding hydrogens is 416 g/mol. The minimum Gasteiger partial charge on any atom is -0.385 e. The highest BCUT2D eigenvalue weighted by atomic mass is 16.3. The van der Waals surface area contributed by atoms with Crippen LogP contribution in [0.2, 0.25) is 0 Å². The molecule has 33 heavy (non-hydrogen) atoms. The number of aromatic nitrogens is 1. The SMILES string of the molecule is CC(C)C[C@H](NC(=O)[C@@H](N)Cc1ccccc1)C(=O)N[C@H](CC(C)C)[C@H](O)c1ccccn1. The van der Waals surface area contributed by atoms with Gasteiger partial charge >= 0.3 is 0 Å². The summed E-state index contributed by atoms with van der Waals surface area (Å²) in [5.74, 6) is -0.281. The number of nitrogens with one attached hydrogen (secondary N) is 2. The van der Waals surface area contributed by atoms with E-state index in [0.717, 1.165) is 5.56 Å². The second-order valence-electron chi connectivity index (χ2n) is 9.43. The first-order valence-corrected chi connectivity index (χ1v) is 11.7. The van der Waals surface area contributed by atoms with Gasteiger partial charge in [0.1, 0.15) is 12.1 Å². The van der Waals surface area contributed by atoms with Crippen LogP contribution in [0.1, 0.15) is 57.9 Å². The average molecular weight is 455 g/mol. The first-order valence-electron chi connectivity index (χ1n) is 11.7. The van der Waals surface area contributed by atoms with E-state index in [0.29, 0.717) is 25.0 Å². The molecule has 0 unspecified atom stereocenters. The molecule has 0 spiro atoms. The summed E-state index contributed by atoms with van der Waals surface area (Å²) in [6.45, 7) is 8.04. The summed E-state index contributed by atoms with van der Waals surface area (Å²) in [4.78, 5) is 30.2. The summed E-state index contributed by atoms with van der Waals surface area (Å²) >= 11 is 0. The number of amides is 2. The van der Waals surface area contributed by atoms with Crippen molar-refractivity contribution in [3.63, 3.8) is 0 Å². The molecule has 0 saturated heterocycles. The fourth-order valence-corrected chi connectivity index (χ4v) is 3.76. The van der Waals surface area contributed by atoms with Gasteiger partial charge in [0.15, 0.2) is 0 Å². The first kappa shape index (κ1) is 26.5. The molecule has 4 atom stereocenters. The lowest BCUT2D eigenvalue weighted by Crippen LogP contribution is -2.55. The monoisotopic (exact) mass is 454 g/mol. The Bertz CT molecular complexity index is 858. The lowest BCUT2D eigenvalue weighted by atomic mass is 9.95. The maximum Gasteiger partial charge on any atom is 0.242 e. The lowest BCUT2D eigenvalue weighted by Gasteiger charge is -2.29. The number of nitrogens with zero attached hydrogens (tertiary/aromatic N) is 1. The van der Waals surface area contributed by atoms with Crippen LogP contribution < -0.4 is 16.4 Å². The van der Waals surface area contributed by atoms with Gasteiger partial charge in [-0.3, -0.25) is 14.6 Å². The van der Waals surface area contributed by atoms with Gasteiger partial charge in [-0.15, -0.1) is 0 Å². The van der Waals surface area contributed by atoms with Gasteiger partial charge in [-0.2, -0.15) is 0 Å². The Kier molecular flexibility index (Phi) is 10.5. The van der Waals surface area contributed by atoms with Crippen LogP contribution in [0.3, 0.4) is 0 Å². The zero-order valence-corrected chi connectivity index (χ0v) is 20.1. The van der Waals surface area contributed by atoms with Crippen molar-refractivity contribution >= 4 is 11.8 Å². The van der Waals surface area contributed by atoms with Crippen LogP contribution in [0, 0.1) is 11.8 Å². The van der Waals surface area contributed by atoms with Crippen LogP contribution in [0.15, 0.2) is 54.7 Å². The van der Waals surface area contributed by atoms with Gasteiger partial charge in [0.25, 0.3) is 0 Å². The Morgan fingerprint density at radius 2 is 1.55 bits per heavy atom. The number of carbonyl (C=O) groups is 2. The van der Waals surface area contributed by atoms with E-state index in [9.17, 15) is 14.7 Å². The molecule has 7 nitrogen and oxygen atoms in total. The number of hydrogen-bond donors (Lipinski definition) is 4. The molecule has 1 heterocycles. The molecule has 0 aliphatic heterocycles. The first-order chi connectivity index (χ1) is 15.7. The summed E-state index contributed by atoms with van der Waals surface area (Å²) in [7, 11) is 0. The third-order valence-electron chi connectivity index (χ3n) is 5.40. The molecule has 0 bridgehead atoms. The van der Waals surface area contributed by atoms with Gasteiger partial charge in [-0.05, 0) is 48.8 Å². The van der Waals surface area contributed by atoms with Crippen molar-refractivity contribution in [3.05, 3.63) is 66.0 Å². The minimum absolute atomic E-state index is 0.177. The molecule has 0 radical (unpaired) electrons. The number of benzene rings is 1. The third-order valence-corrected chi connectivity index (χ3v) is 5.40. The predicted molar refractivity (Wildman–Crippen MR) is 130 cm³/mol. The molecular formula is C26H38N4O3. The molecule has 0 saturated carbocycles. The number of nitrogens with two attached hydrogens (primary N) is 1. The van der Waals surface area contributed by atoms with Crippen LogP contribution in [0.5, 0.6) is 0 Å². The van der Waals surface area contributed by atoms with Gasteiger partial charge in [0, 0.05) is 6.20 Å². The summed E-state index contributed by atoms with van der Waals surface area (Å²) in [5, 5.41) is 16.7. The van der Waals surface area contributed by atoms with E-state index in [4.69, 9.17) is 5.73 Å². The second-order valence-corrected chi connectivity index (χ2v) is 9.43. The molecule has 5 N–H and O–H groups in total. The molecule has 180 valence electrons. The highest BCUT2D eigenvalue weighted by Crippen LogP contribution is 2.20. The molecule has 7 heteroatoms. The van der Waals surface area contributed by atoms with Gasteiger partial charge in [0.05, 0.1) is 17.8 Å². The number of carbonyl (C=O) groups excluding carboxylic acids is 2. The number of aliphatic hydroxyl groups is 1. The van der Waals surface area contributed by atoms with Crippen molar-refractivity contribution in [3.8, 4) is 0 Å². The van der Waals surface area contributed by atoms with Gasteiger partial charge in [-0.25, -0.2) is 0 Å². The Morgan fingerprint density at radius 1 is 0.909 bits per heavy atom. The van der Waals surface area contributed by atoms with Crippen LogP contribution in [0.4, 0.5) is 0 Å². The van der Waals surface area contributed by atoms with Crippen LogP contribution in [-0.4, -0.2) is 40.0 Å². The Hall–Kier alpha value is -2.77. The Labute approximate surface area is 197 Å². The molecule has 1 aromatic heterocycles. The third kappa shape index (κ3) is 8.94. The number of aliphatic hydroxyl groups excluding tert-OH is 1. The molecule has 0 fully saturated rings. The van der Waals surface area contributed by atoms with Crippen molar-refractivity contribution < 1.29 is 14.7 Å². The maximum atomic E-state index is 13.2. The van der Waals surface area contributed by atoms with Crippen LogP contribution in [-0.2, 0) is 16.0 Å². The quantitative estimate of drug-likeness (QED) is 0.393. The molecule has 2 aromatic rings.